The van der Waals surface area contributed by atoms with Gasteiger partial charge in [0.1, 0.15) is 18.5 Å². The van der Waals surface area contributed by atoms with E-state index in [9.17, 15) is 23.7 Å². The lowest BCUT2D eigenvalue weighted by Crippen LogP contribution is -2.44. The summed E-state index contributed by atoms with van der Waals surface area (Å²) in [7, 11) is -4.76. The smallest absolute Gasteiger partial charge is 0.463 e. The molecular formula is C39H66F2N3O12P. The molecule has 0 radical (unpaired) electrons. The number of phosphoric ester groups is 1. The van der Waals surface area contributed by atoms with Gasteiger partial charge in [0.15, 0.2) is 6.10 Å². The lowest BCUT2D eigenvalue weighted by atomic mass is 9.92. The van der Waals surface area contributed by atoms with E-state index in [0.29, 0.717) is 17.4 Å². The predicted octanol–water partition coefficient (Wildman–Crippen LogP) is 8.44. The fraction of sp³-hybridized carbons (Fsp3) is 0.821. The number of phosphoric acid groups is 1. The Kier molecular flexibility index (Phi) is 21.3. The standard InChI is InChI=1S/C39H66F2N3O12P/c1-8-9-10-11-12-13-14-15-16-17-18-19-20-31(45)56-34-29(55-35(39(34,40)41)44-22-21-30(42)43-36(44)48)27-53-57(49,54-28-51-33(47)26-38(5,6)7)52-24-23-50-32(46)25-37(2,3)4/h21-22,29,34-35H,8-20,23-28H2,1-7H3,(H2,42,43,48)/t29?,34-,35?,57?/m1/s1. The van der Waals surface area contributed by atoms with Crippen molar-refractivity contribution >= 4 is 31.5 Å². The lowest BCUT2D eigenvalue weighted by molar-refractivity contribution is -0.176. The maximum absolute atomic E-state index is 16.1. The molecule has 0 bridgehead atoms. The minimum Gasteiger partial charge on any atom is -0.463 e. The zero-order valence-electron chi connectivity index (χ0n) is 34.9. The first-order valence-electron chi connectivity index (χ1n) is 20.1. The molecule has 2 N–H and O–H groups in total. The average molecular weight is 838 g/mol. The number of rotatable bonds is 27. The van der Waals surface area contributed by atoms with Crippen molar-refractivity contribution in [2.45, 2.75) is 169 Å². The first-order chi connectivity index (χ1) is 26.7. The highest BCUT2D eigenvalue weighted by molar-refractivity contribution is 7.48. The summed E-state index contributed by atoms with van der Waals surface area (Å²) in [5, 5.41) is 0. The SMILES string of the molecule is CCCCCCCCCCCCCCC(=O)O[C@@H]1C(COP(=O)(OCCOC(=O)CC(C)(C)C)OCOC(=O)CC(C)(C)C)OC(n2ccc(N)nc2=O)C1(F)F. The molecule has 0 spiro atoms. The summed E-state index contributed by atoms with van der Waals surface area (Å²) in [4.78, 5) is 53.5. The molecule has 0 aromatic carbocycles. The summed E-state index contributed by atoms with van der Waals surface area (Å²) in [5.41, 5.74) is 3.60. The van der Waals surface area contributed by atoms with E-state index >= 15 is 8.78 Å². The zero-order valence-corrected chi connectivity index (χ0v) is 35.8. The van der Waals surface area contributed by atoms with Crippen LogP contribution in [0.1, 0.15) is 151 Å². The van der Waals surface area contributed by atoms with Crippen LogP contribution in [-0.4, -0.2) is 72.2 Å². The van der Waals surface area contributed by atoms with Gasteiger partial charge in [0, 0.05) is 12.6 Å². The number of esters is 3. The third kappa shape index (κ3) is 20.0. The topological polar surface area (TPSA) is 194 Å². The van der Waals surface area contributed by atoms with Crippen LogP contribution in [0.5, 0.6) is 0 Å². The maximum atomic E-state index is 16.1. The summed E-state index contributed by atoms with van der Waals surface area (Å²) < 4.78 is 83.4. The molecular weight excluding hydrogens is 771 g/mol. The first kappa shape index (κ1) is 50.2. The van der Waals surface area contributed by atoms with Gasteiger partial charge in [-0.05, 0) is 23.3 Å². The quantitative estimate of drug-likeness (QED) is 0.0292. The minimum atomic E-state index is -4.76. The molecule has 15 nitrogen and oxygen atoms in total. The second-order valence-electron chi connectivity index (χ2n) is 16.8. The highest BCUT2D eigenvalue weighted by Gasteiger charge is 2.63. The average Bonchev–Trinajstić information content (AvgIpc) is 3.33. The number of hydrogen-bond donors (Lipinski definition) is 1. The fourth-order valence-electron chi connectivity index (χ4n) is 5.87. The lowest BCUT2D eigenvalue weighted by Gasteiger charge is -2.25. The van der Waals surface area contributed by atoms with Crippen LogP contribution in [0, 0.1) is 10.8 Å². The molecule has 328 valence electrons. The van der Waals surface area contributed by atoms with Crippen molar-refractivity contribution in [1.29, 1.82) is 0 Å². The molecule has 1 aromatic heterocycles. The van der Waals surface area contributed by atoms with Gasteiger partial charge in [-0.2, -0.15) is 13.8 Å². The molecule has 57 heavy (non-hydrogen) atoms. The first-order valence-corrected chi connectivity index (χ1v) is 21.5. The van der Waals surface area contributed by atoms with Gasteiger partial charge < -0.3 is 24.7 Å². The molecule has 18 heteroatoms. The van der Waals surface area contributed by atoms with E-state index in [1.165, 1.54) is 38.5 Å². The molecule has 4 atom stereocenters. The van der Waals surface area contributed by atoms with Gasteiger partial charge in [0.05, 0.1) is 26.1 Å². The van der Waals surface area contributed by atoms with Crippen LogP contribution in [0.25, 0.3) is 0 Å². The molecule has 1 aromatic rings. The van der Waals surface area contributed by atoms with E-state index < -0.39 is 81.2 Å². The number of aromatic nitrogens is 2. The molecule has 1 fully saturated rings. The van der Waals surface area contributed by atoms with Crippen molar-refractivity contribution in [3.63, 3.8) is 0 Å². The molecule has 3 unspecified atom stereocenters. The number of unbranched alkanes of at least 4 members (excludes halogenated alkanes) is 11. The van der Waals surface area contributed by atoms with Crippen LogP contribution < -0.4 is 11.4 Å². The van der Waals surface area contributed by atoms with E-state index in [0.717, 1.165) is 37.9 Å². The third-order valence-corrected chi connectivity index (χ3v) is 10.1. The Morgan fingerprint density at radius 2 is 1.37 bits per heavy atom. The van der Waals surface area contributed by atoms with Gasteiger partial charge in [-0.3, -0.25) is 28.0 Å². The van der Waals surface area contributed by atoms with Crippen molar-refractivity contribution < 1.29 is 60.2 Å². The van der Waals surface area contributed by atoms with E-state index in [-0.39, 0.29) is 37.1 Å². The summed E-state index contributed by atoms with van der Waals surface area (Å²) >= 11 is 0. The summed E-state index contributed by atoms with van der Waals surface area (Å²) in [6.07, 6.45) is 7.13. The van der Waals surface area contributed by atoms with Crippen molar-refractivity contribution in [3.8, 4) is 0 Å². The number of halogens is 2. The largest absolute Gasteiger partial charge is 0.477 e. The molecule has 0 saturated carbocycles. The van der Waals surface area contributed by atoms with E-state index in [1.807, 2.05) is 20.8 Å². The van der Waals surface area contributed by atoms with Gasteiger partial charge >= 0.3 is 37.3 Å². The van der Waals surface area contributed by atoms with Crippen molar-refractivity contribution in [2.24, 2.45) is 10.8 Å². The zero-order chi connectivity index (χ0) is 42.7. The number of carbonyl (C=O) groups is 3. The van der Waals surface area contributed by atoms with Crippen LogP contribution in [0.2, 0.25) is 0 Å². The van der Waals surface area contributed by atoms with Crippen LogP contribution in [0.15, 0.2) is 17.1 Å². The highest BCUT2D eigenvalue weighted by Crippen LogP contribution is 2.51. The predicted molar refractivity (Wildman–Crippen MR) is 208 cm³/mol. The third-order valence-electron chi connectivity index (χ3n) is 8.72. The number of anilines is 1. The van der Waals surface area contributed by atoms with Crippen LogP contribution >= 0.6 is 7.82 Å². The van der Waals surface area contributed by atoms with E-state index in [2.05, 4.69) is 11.9 Å². The Morgan fingerprint density at radius 1 is 0.825 bits per heavy atom. The van der Waals surface area contributed by atoms with Gasteiger partial charge in [-0.15, -0.1) is 0 Å². The van der Waals surface area contributed by atoms with Crippen molar-refractivity contribution in [2.75, 3.05) is 32.3 Å². The number of ether oxygens (including phenoxy) is 4. The monoisotopic (exact) mass is 837 g/mol. The maximum Gasteiger partial charge on any atom is 0.477 e. The molecule has 1 aliphatic rings. The number of nitrogens with two attached hydrogens (primary N) is 1. The Balaban J connectivity index is 2.13. The Labute approximate surface area is 336 Å². The molecule has 1 saturated heterocycles. The van der Waals surface area contributed by atoms with Crippen molar-refractivity contribution in [3.05, 3.63) is 22.7 Å². The van der Waals surface area contributed by atoms with Gasteiger partial charge in [-0.1, -0.05) is 119 Å². The van der Waals surface area contributed by atoms with Crippen LogP contribution in [-0.2, 0) is 51.5 Å². The molecule has 2 heterocycles. The molecule has 2 rings (SSSR count). The fourth-order valence-corrected chi connectivity index (χ4v) is 6.90. The van der Waals surface area contributed by atoms with E-state index in [4.69, 9.17) is 38.3 Å². The number of nitrogens with zero attached hydrogens (tertiary/aromatic N) is 2. The van der Waals surface area contributed by atoms with Gasteiger partial charge in [-0.25, -0.2) is 13.9 Å². The number of nitrogen functional groups attached to an aromatic ring is 1. The summed E-state index contributed by atoms with van der Waals surface area (Å²) in [6, 6.07) is 1.12. The van der Waals surface area contributed by atoms with Crippen LogP contribution in [0.4, 0.5) is 14.6 Å². The van der Waals surface area contributed by atoms with Gasteiger partial charge in [0.25, 0.3) is 0 Å². The van der Waals surface area contributed by atoms with Crippen molar-refractivity contribution in [1.82, 2.24) is 9.55 Å². The van der Waals surface area contributed by atoms with E-state index in [1.54, 1.807) is 20.8 Å². The number of carbonyl (C=O) groups excluding carboxylic acids is 3. The van der Waals surface area contributed by atoms with Crippen LogP contribution in [0.3, 0.4) is 0 Å². The second-order valence-corrected chi connectivity index (χ2v) is 18.5. The molecule has 0 amide bonds. The second kappa shape index (κ2) is 24.2. The normalized spacial score (nSPS) is 19.2. The Morgan fingerprint density at radius 3 is 1.91 bits per heavy atom. The molecule has 1 aliphatic heterocycles. The Hall–Kier alpha value is -2.98. The molecule has 0 aliphatic carbocycles. The number of alkyl halides is 2. The summed E-state index contributed by atoms with van der Waals surface area (Å²) in [5.74, 6) is -6.40. The number of hydrogen-bond acceptors (Lipinski definition) is 14. The Bertz CT molecular complexity index is 1500. The summed E-state index contributed by atoms with van der Waals surface area (Å²) in [6.45, 7) is 10.4. The minimum absolute atomic E-state index is 0.00977. The van der Waals surface area contributed by atoms with Gasteiger partial charge in [0.2, 0.25) is 13.0 Å². The highest BCUT2D eigenvalue weighted by atomic mass is 31.2.